The molecule has 0 radical (unpaired) electrons. The summed E-state index contributed by atoms with van der Waals surface area (Å²) in [6.45, 7) is 11.0. The van der Waals surface area contributed by atoms with E-state index in [1.165, 1.54) is 64.2 Å². The highest BCUT2D eigenvalue weighted by Crippen LogP contribution is 2.15. The molecule has 0 aliphatic carbocycles. The van der Waals surface area contributed by atoms with Crippen molar-refractivity contribution in [2.75, 3.05) is 40.6 Å². The molecule has 0 aromatic rings. The minimum atomic E-state index is -0.242. The van der Waals surface area contributed by atoms with Crippen LogP contribution in [0.2, 0.25) is 0 Å². The fourth-order valence-electron chi connectivity index (χ4n) is 4.97. The summed E-state index contributed by atoms with van der Waals surface area (Å²) < 4.78 is 39.6. The maximum atomic E-state index is 6.06. The molecule has 0 spiro atoms. The van der Waals surface area contributed by atoms with Gasteiger partial charge >= 0.3 is 0 Å². The van der Waals surface area contributed by atoms with E-state index < -0.39 is 0 Å². The van der Waals surface area contributed by atoms with Crippen LogP contribution in [0.25, 0.3) is 0 Å². The molecule has 2 unspecified atom stereocenters. The lowest BCUT2D eigenvalue weighted by Crippen LogP contribution is -2.25. The molecule has 43 heavy (non-hydrogen) atoms. The molecule has 256 valence electrons. The largest absolute Gasteiger partial charge is 0.356 e. The molecule has 0 rings (SSSR count). The standard InChI is InChI=1S/C36H70O7/c1-7-39-35(40-8-2)31-27-23-19-15-11-13-17-21-25-29-33(37-5)43-34(38-6)30-26-22-18-14-12-16-20-24-28-32-36(41-9-3)42-10-4/h17-18,21-22,33-36H,7-16,19-20,23-32H2,1-6H3/b21-17+,22-18+. The van der Waals surface area contributed by atoms with Gasteiger partial charge in [0.1, 0.15) is 0 Å². The van der Waals surface area contributed by atoms with E-state index in [-0.39, 0.29) is 25.2 Å². The van der Waals surface area contributed by atoms with Crippen molar-refractivity contribution in [3.8, 4) is 0 Å². The Morgan fingerprint density at radius 3 is 1.05 bits per heavy atom. The second kappa shape index (κ2) is 34.1. The van der Waals surface area contributed by atoms with E-state index in [1.54, 1.807) is 14.2 Å². The first-order valence-electron chi connectivity index (χ1n) is 17.6. The Hall–Kier alpha value is -0.800. The number of ether oxygens (including phenoxy) is 7. The third-order valence-corrected chi connectivity index (χ3v) is 7.33. The minimum absolute atomic E-state index is 0.0263. The Morgan fingerprint density at radius 2 is 0.698 bits per heavy atom. The van der Waals surface area contributed by atoms with Gasteiger partial charge in [-0.1, -0.05) is 62.8 Å². The van der Waals surface area contributed by atoms with Crippen LogP contribution in [0.15, 0.2) is 24.3 Å². The van der Waals surface area contributed by atoms with E-state index in [0.717, 1.165) is 51.4 Å². The van der Waals surface area contributed by atoms with E-state index in [4.69, 9.17) is 33.2 Å². The van der Waals surface area contributed by atoms with Crippen molar-refractivity contribution in [2.45, 2.75) is 168 Å². The monoisotopic (exact) mass is 615 g/mol. The van der Waals surface area contributed by atoms with Crippen LogP contribution in [0.5, 0.6) is 0 Å². The van der Waals surface area contributed by atoms with Crippen LogP contribution >= 0.6 is 0 Å². The molecule has 0 N–H and O–H groups in total. The molecule has 7 nitrogen and oxygen atoms in total. The van der Waals surface area contributed by atoms with E-state index in [9.17, 15) is 0 Å². The van der Waals surface area contributed by atoms with Gasteiger partial charge in [0.25, 0.3) is 0 Å². The molecule has 0 amide bonds. The third-order valence-electron chi connectivity index (χ3n) is 7.33. The van der Waals surface area contributed by atoms with E-state index in [1.807, 2.05) is 27.7 Å². The van der Waals surface area contributed by atoms with E-state index in [0.29, 0.717) is 26.4 Å². The Balaban J connectivity index is 3.82. The number of rotatable bonds is 34. The van der Waals surface area contributed by atoms with E-state index in [2.05, 4.69) is 24.3 Å². The van der Waals surface area contributed by atoms with Gasteiger partial charge in [0.2, 0.25) is 0 Å². The topological polar surface area (TPSA) is 64.6 Å². The van der Waals surface area contributed by atoms with Gasteiger partial charge in [0.15, 0.2) is 25.2 Å². The molecule has 0 aliphatic heterocycles. The fraction of sp³-hybridized carbons (Fsp3) is 0.889. The zero-order chi connectivity index (χ0) is 31.6. The van der Waals surface area contributed by atoms with Crippen molar-refractivity contribution in [3.05, 3.63) is 24.3 Å². The molecule has 2 atom stereocenters. The first kappa shape index (κ1) is 42.2. The van der Waals surface area contributed by atoms with Gasteiger partial charge < -0.3 is 33.2 Å². The summed E-state index contributed by atoms with van der Waals surface area (Å²) in [6, 6.07) is 0. The fourth-order valence-corrected chi connectivity index (χ4v) is 4.97. The first-order valence-corrected chi connectivity index (χ1v) is 17.6. The predicted octanol–water partition coefficient (Wildman–Crippen LogP) is 9.88. The number of unbranched alkanes of at least 4 members (excludes halogenated alkanes) is 10. The van der Waals surface area contributed by atoms with Gasteiger partial charge in [-0.3, -0.25) is 0 Å². The molecule has 7 heteroatoms. The highest BCUT2D eigenvalue weighted by Gasteiger charge is 2.14. The second-order valence-corrected chi connectivity index (χ2v) is 10.9. The van der Waals surface area contributed by atoms with Crippen molar-refractivity contribution in [2.24, 2.45) is 0 Å². The maximum absolute atomic E-state index is 6.06. The summed E-state index contributed by atoms with van der Waals surface area (Å²) in [4.78, 5) is 0. The van der Waals surface area contributed by atoms with Crippen molar-refractivity contribution in [1.29, 1.82) is 0 Å². The molecule has 0 fully saturated rings. The van der Waals surface area contributed by atoms with Gasteiger partial charge in [-0.05, 0) is 91.9 Å². The highest BCUT2D eigenvalue weighted by atomic mass is 16.8. The second-order valence-electron chi connectivity index (χ2n) is 10.9. The van der Waals surface area contributed by atoms with Crippen LogP contribution in [0.1, 0.15) is 143 Å². The highest BCUT2D eigenvalue weighted by molar-refractivity contribution is 4.83. The maximum Gasteiger partial charge on any atom is 0.160 e. The summed E-state index contributed by atoms with van der Waals surface area (Å²) >= 11 is 0. The normalized spacial score (nSPS) is 13.8. The molecule has 0 saturated carbocycles. The van der Waals surface area contributed by atoms with Gasteiger partial charge in [0.05, 0.1) is 0 Å². The Labute approximate surface area is 266 Å². The first-order chi connectivity index (χ1) is 21.1. The Morgan fingerprint density at radius 1 is 0.372 bits per heavy atom. The van der Waals surface area contributed by atoms with Crippen molar-refractivity contribution >= 4 is 0 Å². The molecule has 0 bridgehead atoms. The summed E-state index contributed by atoms with van der Waals surface area (Å²) in [6.07, 6.45) is 28.8. The predicted molar refractivity (Wildman–Crippen MR) is 178 cm³/mol. The van der Waals surface area contributed by atoms with E-state index >= 15 is 0 Å². The lowest BCUT2D eigenvalue weighted by atomic mass is 10.1. The summed E-state index contributed by atoms with van der Waals surface area (Å²) in [5.41, 5.74) is 0. The average Bonchev–Trinajstić information content (AvgIpc) is 3.01. The molecule has 0 aliphatic rings. The summed E-state index contributed by atoms with van der Waals surface area (Å²) in [7, 11) is 3.42. The van der Waals surface area contributed by atoms with Crippen molar-refractivity contribution in [3.63, 3.8) is 0 Å². The minimum Gasteiger partial charge on any atom is -0.356 e. The third kappa shape index (κ3) is 28.4. The van der Waals surface area contributed by atoms with Gasteiger partial charge in [-0.2, -0.15) is 0 Å². The van der Waals surface area contributed by atoms with Gasteiger partial charge in [-0.25, -0.2) is 0 Å². The number of allylic oxidation sites excluding steroid dienone is 4. The van der Waals surface area contributed by atoms with Gasteiger partial charge in [0, 0.05) is 53.5 Å². The Kier molecular flexibility index (Phi) is 33.4. The molecular weight excluding hydrogens is 544 g/mol. The zero-order valence-electron chi connectivity index (χ0n) is 29.0. The molecule has 0 aromatic carbocycles. The van der Waals surface area contributed by atoms with Crippen LogP contribution in [0, 0.1) is 0 Å². The lowest BCUT2D eigenvalue weighted by Gasteiger charge is -2.22. The summed E-state index contributed by atoms with van der Waals surface area (Å²) in [5.74, 6) is 0. The Bertz CT molecular complexity index is 536. The van der Waals surface area contributed by atoms with Crippen LogP contribution in [0.4, 0.5) is 0 Å². The van der Waals surface area contributed by atoms with Crippen molar-refractivity contribution in [1.82, 2.24) is 0 Å². The van der Waals surface area contributed by atoms with Crippen LogP contribution < -0.4 is 0 Å². The summed E-state index contributed by atoms with van der Waals surface area (Å²) in [5, 5.41) is 0. The van der Waals surface area contributed by atoms with Crippen molar-refractivity contribution < 1.29 is 33.2 Å². The SMILES string of the molecule is CCOC(CCCCCCC/C=C/CCC(OC)OC(CC/C=C/CCCCCCCC(OCC)OCC)OC)OCC. The molecule has 0 aromatic heterocycles. The number of methoxy groups -OCH3 is 2. The average molecular weight is 615 g/mol. The van der Waals surface area contributed by atoms with Crippen LogP contribution in [-0.4, -0.2) is 65.8 Å². The zero-order valence-corrected chi connectivity index (χ0v) is 29.0. The van der Waals surface area contributed by atoms with Gasteiger partial charge in [-0.15, -0.1) is 0 Å². The van der Waals surface area contributed by atoms with Crippen LogP contribution in [0.3, 0.4) is 0 Å². The number of hydrogen-bond donors (Lipinski definition) is 0. The quantitative estimate of drug-likeness (QED) is 0.0406. The number of hydrogen-bond acceptors (Lipinski definition) is 7. The molecular formula is C36H70O7. The molecule has 0 saturated heterocycles. The van der Waals surface area contributed by atoms with Crippen LogP contribution in [-0.2, 0) is 33.2 Å². The smallest absolute Gasteiger partial charge is 0.160 e. The lowest BCUT2D eigenvalue weighted by molar-refractivity contribution is -0.232. The molecule has 0 heterocycles.